The average molecular weight is 414 g/mol. The van der Waals surface area contributed by atoms with E-state index in [1.54, 1.807) is 4.57 Å². The van der Waals surface area contributed by atoms with E-state index < -0.39 is 24.6 Å². The molecule has 0 bridgehead atoms. The minimum absolute atomic E-state index is 0.0287. The van der Waals surface area contributed by atoms with Crippen molar-refractivity contribution in [3.05, 3.63) is 47.2 Å². The number of carbonyl (C=O) groups is 2. The number of aliphatic hydroxyl groups excluding tert-OH is 1. The van der Waals surface area contributed by atoms with Crippen molar-refractivity contribution >= 4 is 22.7 Å². The minimum atomic E-state index is -1.77. The normalized spacial score (nSPS) is 11.1. The van der Waals surface area contributed by atoms with Crippen LogP contribution in [0.3, 0.4) is 0 Å². The number of benzene rings is 1. The Labute approximate surface area is 171 Å². The predicted octanol–water partition coefficient (Wildman–Crippen LogP) is 0.408. The van der Waals surface area contributed by atoms with Gasteiger partial charge in [-0.15, -0.1) is 0 Å². The van der Waals surface area contributed by atoms with Crippen LogP contribution in [0.25, 0.3) is 11.0 Å². The molecule has 0 atom stereocenters. The number of aliphatic hydroxyl groups is 2. The Bertz CT molecular complexity index is 1080. The number of carbonyl (C=O) groups excluding carboxylic acids is 2. The molecule has 10 nitrogen and oxygen atoms in total. The van der Waals surface area contributed by atoms with Gasteiger partial charge in [0.2, 0.25) is 5.88 Å². The van der Waals surface area contributed by atoms with Gasteiger partial charge in [-0.25, -0.2) is 0 Å². The van der Waals surface area contributed by atoms with E-state index in [1.165, 1.54) is 7.11 Å². The summed E-state index contributed by atoms with van der Waals surface area (Å²) in [6.45, 7) is 1.68. The molecule has 1 aromatic carbocycles. The van der Waals surface area contributed by atoms with Gasteiger partial charge in [0.05, 0.1) is 18.1 Å². The summed E-state index contributed by atoms with van der Waals surface area (Å²) in [6, 6.07) is 9.44. The van der Waals surface area contributed by atoms with E-state index in [4.69, 9.17) is 15.2 Å². The van der Waals surface area contributed by atoms with Gasteiger partial charge in [-0.3, -0.25) is 9.59 Å². The summed E-state index contributed by atoms with van der Waals surface area (Å²) >= 11 is 0. The van der Waals surface area contributed by atoms with Gasteiger partial charge in [-0.2, -0.15) is 9.97 Å². The molecule has 3 aromatic rings. The summed E-state index contributed by atoms with van der Waals surface area (Å²) in [4.78, 5) is 32.9. The number of hydrogen-bond donors (Lipinski definition) is 3. The zero-order valence-electron chi connectivity index (χ0n) is 16.5. The number of nitrogens with two attached hydrogens (primary N) is 1. The molecule has 0 aliphatic carbocycles. The summed E-state index contributed by atoms with van der Waals surface area (Å²) in [5, 5.41) is 18.5. The number of primary amides is 1. The largest absolute Gasteiger partial charge is 0.472 e. The Morgan fingerprint density at radius 2 is 1.90 bits per heavy atom. The van der Waals surface area contributed by atoms with Gasteiger partial charge in [0.25, 0.3) is 11.7 Å². The van der Waals surface area contributed by atoms with E-state index in [2.05, 4.69) is 9.97 Å². The van der Waals surface area contributed by atoms with Gasteiger partial charge >= 0.3 is 6.01 Å². The van der Waals surface area contributed by atoms with Gasteiger partial charge in [-0.1, -0.05) is 37.3 Å². The number of nitrogens with zero attached hydrogens (tertiary/aromatic N) is 3. The standard InChI is InChI=1S/C20H22N4O6/c1-3-12-14(16(27)17(21)28)15-18(24(12)9-11-7-5-4-6-8-11)22-20(29-2)23-19(15)30-10-13(25)26/h4-8,13,25-26H,3,9-10H2,1-2H3,(H2,21,28). The summed E-state index contributed by atoms with van der Waals surface area (Å²) in [5.74, 6) is -2.16. The molecule has 3 rings (SSSR count). The topological polar surface area (TPSA) is 150 Å². The number of ketones is 1. The van der Waals surface area contributed by atoms with Gasteiger partial charge < -0.3 is 30.0 Å². The Morgan fingerprint density at radius 3 is 2.47 bits per heavy atom. The third-order valence-corrected chi connectivity index (χ3v) is 4.48. The van der Waals surface area contributed by atoms with Crippen LogP contribution in [0.2, 0.25) is 0 Å². The second kappa shape index (κ2) is 8.89. The fourth-order valence-electron chi connectivity index (χ4n) is 3.25. The highest BCUT2D eigenvalue weighted by molar-refractivity contribution is 6.45. The molecule has 1 amide bonds. The molecule has 0 unspecified atom stereocenters. The molecule has 0 aliphatic heterocycles. The molecule has 2 aromatic heterocycles. The van der Waals surface area contributed by atoms with Crippen LogP contribution in [-0.2, 0) is 17.8 Å². The fourth-order valence-corrected chi connectivity index (χ4v) is 3.25. The lowest BCUT2D eigenvalue weighted by molar-refractivity contribution is -0.114. The van der Waals surface area contributed by atoms with Crippen molar-refractivity contribution in [2.75, 3.05) is 13.7 Å². The lowest BCUT2D eigenvalue weighted by Gasteiger charge is -2.11. The second-order valence-corrected chi connectivity index (χ2v) is 6.45. The number of Topliss-reactive ketones (excluding diaryl/α,β-unsaturated/α-hetero) is 1. The number of ether oxygens (including phenoxy) is 2. The SMILES string of the molecule is CCc1c(C(=O)C(N)=O)c2c(OCC(O)O)nc(OC)nc2n1Cc1ccccc1. The molecular weight excluding hydrogens is 392 g/mol. The zero-order chi connectivity index (χ0) is 21.8. The van der Waals surface area contributed by atoms with E-state index in [0.717, 1.165) is 5.56 Å². The van der Waals surface area contributed by atoms with E-state index >= 15 is 0 Å². The van der Waals surface area contributed by atoms with Crippen LogP contribution in [0.5, 0.6) is 11.9 Å². The van der Waals surface area contributed by atoms with Gasteiger partial charge in [0.1, 0.15) is 6.61 Å². The quantitative estimate of drug-likeness (QED) is 0.259. The molecule has 4 N–H and O–H groups in total. The number of rotatable bonds is 9. The van der Waals surface area contributed by atoms with Crippen molar-refractivity contribution in [1.82, 2.24) is 14.5 Å². The minimum Gasteiger partial charge on any atom is -0.472 e. The number of fused-ring (bicyclic) bond motifs is 1. The number of hydrogen-bond acceptors (Lipinski definition) is 8. The van der Waals surface area contributed by atoms with E-state index in [0.29, 0.717) is 24.3 Å². The van der Waals surface area contributed by atoms with Gasteiger partial charge in [-0.05, 0) is 12.0 Å². The summed E-state index contributed by atoms with van der Waals surface area (Å²) in [6.07, 6.45) is -1.38. The van der Waals surface area contributed by atoms with Crippen LogP contribution in [-0.4, -0.2) is 56.4 Å². The van der Waals surface area contributed by atoms with Crippen molar-refractivity contribution in [3.63, 3.8) is 0 Å². The van der Waals surface area contributed by atoms with Crippen LogP contribution in [0.4, 0.5) is 0 Å². The molecule has 30 heavy (non-hydrogen) atoms. The van der Waals surface area contributed by atoms with Crippen molar-refractivity contribution in [2.24, 2.45) is 5.73 Å². The second-order valence-electron chi connectivity index (χ2n) is 6.45. The lowest BCUT2D eigenvalue weighted by atomic mass is 10.1. The van der Waals surface area contributed by atoms with E-state index in [-0.39, 0.29) is 22.8 Å². The van der Waals surface area contributed by atoms with Crippen molar-refractivity contribution in [1.29, 1.82) is 0 Å². The van der Waals surface area contributed by atoms with Crippen molar-refractivity contribution in [3.8, 4) is 11.9 Å². The number of amides is 1. The first kappa shape index (κ1) is 21.2. The van der Waals surface area contributed by atoms with E-state index in [1.807, 2.05) is 37.3 Å². The molecule has 2 heterocycles. The maximum Gasteiger partial charge on any atom is 0.321 e. The molecule has 0 spiro atoms. The number of methoxy groups -OCH3 is 1. The van der Waals surface area contributed by atoms with Crippen LogP contribution in [0, 0.1) is 0 Å². The molecule has 158 valence electrons. The molecule has 0 saturated heterocycles. The molecule has 10 heteroatoms. The zero-order valence-corrected chi connectivity index (χ0v) is 16.5. The predicted molar refractivity (Wildman–Crippen MR) is 106 cm³/mol. The first-order valence-corrected chi connectivity index (χ1v) is 9.21. The van der Waals surface area contributed by atoms with Crippen molar-refractivity contribution < 1.29 is 29.3 Å². The third kappa shape index (κ3) is 4.09. The smallest absolute Gasteiger partial charge is 0.321 e. The summed E-state index contributed by atoms with van der Waals surface area (Å²) in [7, 11) is 1.37. The van der Waals surface area contributed by atoms with Crippen molar-refractivity contribution in [2.45, 2.75) is 26.2 Å². The Kier molecular flexibility index (Phi) is 6.28. The van der Waals surface area contributed by atoms with Crippen LogP contribution in [0.15, 0.2) is 30.3 Å². The average Bonchev–Trinajstić information content (AvgIpc) is 3.05. The maximum absolute atomic E-state index is 12.7. The molecule has 0 aliphatic rings. The molecule has 0 radical (unpaired) electrons. The van der Waals surface area contributed by atoms with Crippen LogP contribution < -0.4 is 15.2 Å². The Balaban J connectivity index is 2.34. The molecule has 0 fully saturated rings. The number of aromatic nitrogens is 3. The summed E-state index contributed by atoms with van der Waals surface area (Å²) < 4.78 is 12.3. The van der Waals surface area contributed by atoms with Gasteiger partial charge in [0, 0.05) is 12.2 Å². The molecular formula is C20H22N4O6. The highest BCUT2D eigenvalue weighted by Crippen LogP contribution is 2.34. The van der Waals surface area contributed by atoms with E-state index in [9.17, 15) is 19.8 Å². The van der Waals surface area contributed by atoms with Crippen LogP contribution >= 0.6 is 0 Å². The first-order chi connectivity index (χ1) is 14.4. The summed E-state index contributed by atoms with van der Waals surface area (Å²) in [5.41, 5.74) is 7.08. The third-order valence-electron chi connectivity index (χ3n) is 4.48. The van der Waals surface area contributed by atoms with Gasteiger partial charge in [0.15, 0.2) is 11.9 Å². The Hall–Kier alpha value is -3.50. The Morgan fingerprint density at radius 1 is 1.20 bits per heavy atom. The fraction of sp³-hybridized carbons (Fsp3) is 0.300. The maximum atomic E-state index is 12.7. The van der Waals surface area contributed by atoms with Crippen LogP contribution in [0.1, 0.15) is 28.5 Å². The molecule has 0 saturated carbocycles. The highest BCUT2D eigenvalue weighted by Gasteiger charge is 2.30. The monoisotopic (exact) mass is 414 g/mol. The highest BCUT2D eigenvalue weighted by atomic mass is 16.5. The first-order valence-electron chi connectivity index (χ1n) is 9.21. The lowest BCUT2D eigenvalue weighted by Crippen LogP contribution is -2.24.